The average molecular weight is 324 g/mol. The van der Waals surface area contributed by atoms with Gasteiger partial charge < -0.3 is 15.2 Å². The molecule has 2 N–H and O–H groups in total. The molecule has 5 nitrogen and oxygen atoms in total. The second kappa shape index (κ2) is 7.95. The molecule has 23 heavy (non-hydrogen) atoms. The predicted octanol–water partition coefficient (Wildman–Crippen LogP) is 1.55. The fourth-order valence-electron chi connectivity index (χ4n) is 4.61. The molecule has 1 aliphatic carbocycles. The van der Waals surface area contributed by atoms with Crippen LogP contribution in [0.25, 0.3) is 0 Å². The fraction of sp³-hybridized carbons (Fsp3) is 0.944. The number of carbonyl (C=O) groups is 1. The average Bonchev–Trinajstić information content (AvgIpc) is 2.88. The minimum absolute atomic E-state index is 0.0429. The van der Waals surface area contributed by atoms with E-state index in [1.807, 2.05) is 0 Å². The summed E-state index contributed by atoms with van der Waals surface area (Å²) in [5.74, 6) is 0.527. The van der Waals surface area contributed by atoms with Crippen LogP contribution in [0, 0.1) is 11.3 Å². The largest absolute Gasteiger partial charge is 0.396 e. The van der Waals surface area contributed by atoms with Gasteiger partial charge in [0.1, 0.15) is 0 Å². The highest BCUT2D eigenvalue weighted by Gasteiger charge is 2.48. The van der Waals surface area contributed by atoms with Crippen LogP contribution in [0.5, 0.6) is 0 Å². The van der Waals surface area contributed by atoms with Gasteiger partial charge in [-0.05, 0) is 19.3 Å². The number of amides is 1. The molecular formula is C18H32N2O3. The van der Waals surface area contributed by atoms with E-state index in [2.05, 4.69) is 10.2 Å². The normalized spacial score (nSPS) is 33.7. The van der Waals surface area contributed by atoms with E-state index in [-0.39, 0.29) is 17.9 Å². The Morgan fingerprint density at radius 1 is 1.22 bits per heavy atom. The van der Waals surface area contributed by atoms with Crippen LogP contribution in [0.2, 0.25) is 0 Å². The van der Waals surface area contributed by atoms with Gasteiger partial charge in [0.25, 0.3) is 0 Å². The van der Waals surface area contributed by atoms with Gasteiger partial charge in [-0.2, -0.15) is 0 Å². The smallest absolute Gasteiger partial charge is 0.234 e. The lowest BCUT2D eigenvalue weighted by Crippen LogP contribution is -2.43. The molecule has 0 unspecified atom stereocenters. The van der Waals surface area contributed by atoms with Gasteiger partial charge in [-0.1, -0.05) is 32.1 Å². The van der Waals surface area contributed by atoms with Crippen LogP contribution < -0.4 is 5.32 Å². The van der Waals surface area contributed by atoms with Crippen molar-refractivity contribution in [3.05, 3.63) is 0 Å². The molecule has 2 aliphatic heterocycles. The maximum Gasteiger partial charge on any atom is 0.234 e. The minimum atomic E-state index is -0.0429. The Hall–Kier alpha value is -0.650. The Morgan fingerprint density at radius 2 is 1.96 bits per heavy atom. The van der Waals surface area contributed by atoms with Gasteiger partial charge in [0.2, 0.25) is 5.91 Å². The summed E-state index contributed by atoms with van der Waals surface area (Å²) in [4.78, 5) is 14.6. The number of ether oxygens (including phenoxy) is 1. The van der Waals surface area contributed by atoms with E-state index in [1.54, 1.807) is 0 Å². The number of aliphatic hydroxyl groups excluding tert-OH is 1. The Bertz CT molecular complexity index is 396. The van der Waals surface area contributed by atoms with Crippen LogP contribution in [0.15, 0.2) is 0 Å². The van der Waals surface area contributed by atoms with Gasteiger partial charge in [0.15, 0.2) is 0 Å². The molecule has 3 fully saturated rings. The van der Waals surface area contributed by atoms with E-state index in [0.717, 1.165) is 45.6 Å². The number of nitrogens with one attached hydrogen (secondary N) is 1. The summed E-state index contributed by atoms with van der Waals surface area (Å²) >= 11 is 0. The van der Waals surface area contributed by atoms with E-state index in [9.17, 15) is 9.90 Å². The third-order valence-corrected chi connectivity index (χ3v) is 6.10. The van der Waals surface area contributed by atoms with Crippen LogP contribution in [-0.4, -0.2) is 61.4 Å². The van der Waals surface area contributed by atoms with Gasteiger partial charge >= 0.3 is 0 Å². The van der Waals surface area contributed by atoms with Gasteiger partial charge in [0.05, 0.1) is 19.8 Å². The third-order valence-electron chi connectivity index (χ3n) is 6.10. The van der Waals surface area contributed by atoms with E-state index in [0.29, 0.717) is 18.5 Å². The zero-order valence-electron chi connectivity index (χ0n) is 14.3. The van der Waals surface area contributed by atoms with Crippen LogP contribution >= 0.6 is 0 Å². The van der Waals surface area contributed by atoms with Gasteiger partial charge in [-0.15, -0.1) is 0 Å². The van der Waals surface area contributed by atoms with E-state index in [4.69, 9.17) is 4.74 Å². The maximum absolute atomic E-state index is 12.4. The predicted molar refractivity (Wildman–Crippen MR) is 89.1 cm³/mol. The Labute approximate surface area is 139 Å². The molecule has 2 saturated heterocycles. The molecule has 3 aliphatic rings. The second-order valence-electron chi connectivity index (χ2n) is 7.82. The topological polar surface area (TPSA) is 61.8 Å². The van der Waals surface area contributed by atoms with Gasteiger partial charge in [-0.25, -0.2) is 0 Å². The molecule has 1 saturated carbocycles. The molecule has 0 radical (unpaired) electrons. The first-order valence-electron chi connectivity index (χ1n) is 9.42. The Kier molecular flexibility index (Phi) is 5.94. The molecule has 132 valence electrons. The lowest BCUT2D eigenvalue weighted by atomic mass is 9.75. The Morgan fingerprint density at radius 3 is 2.65 bits per heavy atom. The molecule has 0 aromatic rings. The molecule has 0 aromatic heterocycles. The van der Waals surface area contributed by atoms with Crippen LogP contribution in [0.4, 0.5) is 0 Å². The van der Waals surface area contributed by atoms with E-state index >= 15 is 0 Å². The summed E-state index contributed by atoms with van der Waals surface area (Å²) < 4.78 is 5.57. The number of rotatable bonds is 4. The molecular weight excluding hydrogens is 292 g/mol. The Balaban J connectivity index is 1.48. The molecule has 0 aromatic carbocycles. The lowest BCUT2D eigenvalue weighted by molar-refractivity contribution is -0.123. The van der Waals surface area contributed by atoms with Crippen molar-refractivity contribution in [2.24, 2.45) is 11.3 Å². The molecule has 1 amide bonds. The highest BCUT2D eigenvalue weighted by atomic mass is 16.5. The summed E-state index contributed by atoms with van der Waals surface area (Å²) in [6.07, 6.45) is 9.60. The highest BCUT2D eigenvalue weighted by molar-refractivity contribution is 5.78. The summed E-state index contributed by atoms with van der Waals surface area (Å²) in [7, 11) is 0. The fourth-order valence-corrected chi connectivity index (χ4v) is 4.61. The summed E-state index contributed by atoms with van der Waals surface area (Å²) in [5, 5.41) is 13.1. The molecule has 5 heteroatoms. The second-order valence-corrected chi connectivity index (χ2v) is 7.82. The first kappa shape index (κ1) is 17.2. The summed E-state index contributed by atoms with van der Waals surface area (Å²) in [5.41, 5.74) is -0.0429. The van der Waals surface area contributed by atoms with Crippen molar-refractivity contribution in [1.82, 2.24) is 10.2 Å². The van der Waals surface area contributed by atoms with Gasteiger partial charge in [-0.3, -0.25) is 9.69 Å². The molecule has 0 bridgehead atoms. The van der Waals surface area contributed by atoms with Crippen LogP contribution in [0.3, 0.4) is 0 Å². The standard InChI is InChI=1S/C18H32N2O3/c21-14-18-8-9-23-12-15(18)10-20(13-18)11-17(22)19-16-6-4-2-1-3-5-7-16/h15-16,21H,1-14H2,(H,19,22)/t15-,18-/m1/s1. The minimum Gasteiger partial charge on any atom is -0.396 e. The monoisotopic (exact) mass is 324 g/mol. The van der Waals surface area contributed by atoms with Crippen molar-refractivity contribution in [1.29, 1.82) is 0 Å². The number of likely N-dealkylation sites (tertiary alicyclic amines) is 1. The van der Waals surface area contributed by atoms with E-state index < -0.39 is 0 Å². The molecule has 0 spiro atoms. The van der Waals surface area contributed by atoms with Crippen molar-refractivity contribution in [2.45, 2.75) is 57.4 Å². The van der Waals surface area contributed by atoms with E-state index in [1.165, 1.54) is 32.1 Å². The van der Waals surface area contributed by atoms with Crippen molar-refractivity contribution in [2.75, 3.05) is 39.5 Å². The molecule has 3 rings (SSSR count). The van der Waals surface area contributed by atoms with Crippen molar-refractivity contribution in [3.8, 4) is 0 Å². The van der Waals surface area contributed by atoms with Crippen molar-refractivity contribution in [3.63, 3.8) is 0 Å². The summed E-state index contributed by atoms with van der Waals surface area (Å²) in [6, 6.07) is 0.364. The lowest BCUT2D eigenvalue weighted by Gasteiger charge is -2.36. The number of nitrogens with zero attached hydrogens (tertiary/aromatic N) is 1. The molecule has 2 atom stereocenters. The third kappa shape index (κ3) is 4.25. The number of fused-ring (bicyclic) bond motifs is 1. The first-order valence-corrected chi connectivity index (χ1v) is 9.42. The summed E-state index contributed by atoms with van der Waals surface area (Å²) in [6.45, 7) is 3.84. The number of hydrogen-bond acceptors (Lipinski definition) is 4. The number of aliphatic hydroxyl groups is 1. The highest BCUT2D eigenvalue weighted by Crippen LogP contribution is 2.41. The van der Waals surface area contributed by atoms with Gasteiger partial charge in [0, 0.05) is 37.1 Å². The molecule has 2 heterocycles. The SMILES string of the molecule is O=C(CN1C[C@@H]2COCC[C@]2(CO)C1)NC1CCCCCCC1. The number of carbonyl (C=O) groups excluding carboxylic acids is 1. The quantitative estimate of drug-likeness (QED) is 0.824. The van der Waals surface area contributed by atoms with Crippen molar-refractivity contribution >= 4 is 5.91 Å². The zero-order chi connectivity index (χ0) is 16.1. The maximum atomic E-state index is 12.4. The number of hydrogen-bond donors (Lipinski definition) is 2. The zero-order valence-corrected chi connectivity index (χ0v) is 14.3. The van der Waals surface area contributed by atoms with Crippen molar-refractivity contribution < 1.29 is 14.6 Å². The first-order chi connectivity index (χ1) is 11.2. The van der Waals surface area contributed by atoms with Crippen LogP contribution in [0.1, 0.15) is 51.4 Å². The van der Waals surface area contributed by atoms with Crippen LogP contribution in [-0.2, 0) is 9.53 Å².